The van der Waals surface area contributed by atoms with Crippen molar-refractivity contribution in [3.05, 3.63) is 29.8 Å². The van der Waals surface area contributed by atoms with Crippen LogP contribution in [-0.4, -0.2) is 57.3 Å². The first-order valence-corrected chi connectivity index (χ1v) is 7.64. The summed E-state index contributed by atoms with van der Waals surface area (Å²) >= 11 is 0. The summed E-state index contributed by atoms with van der Waals surface area (Å²) in [5.41, 5.74) is 0.712. The normalized spacial score (nSPS) is 11.0. The summed E-state index contributed by atoms with van der Waals surface area (Å²) in [6.07, 6.45) is 0.150. The smallest absolute Gasteiger partial charge is 0.344 e. The first kappa shape index (κ1) is 20.9. The van der Waals surface area contributed by atoms with Crippen LogP contribution in [0.3, 0.4) is 0 Å². The number of benzene rings is 1. The summed E-state index contributed by atoms with van der Waals surface area (Å²) in [5.74, 6) is -1.93. The van der Waals surface area contributed by atoms with Gasteiger partial charge < -0.3 is 24.3 Å². The summed E-state index contributed by atoms with van der Waals surface area (Å²) in [6.45, 7) is 0.514. The molecule has 26 heavy (non-hydrogen) atoms. The van der Waals surface area contributed by atoms with Crippen LogP contribution in [0.1, 0.15) is 12.5 Å². The van der Waals surface area contributed by atoms with Gasteiger partial charge in [-0.05, 0) is 17.7 Å². The molecule has 0 unspecified atom stereocenters. The predicted molar refractivity (Wildman–Crippen MR) is 88.2 cm³/mol. The Labute approximate surface area is 150 Å². The maximum absolute atomic E-state index is 12.1. The Balaban J connectivity index is 2.69. The first-order chi connectivity index (χ1) is 12.3. The number of carbonyl (C=O) groups excluding carboxylic acids is 4. The Morgan fingerprint density at radius 3 is 2.08 bits per heavy atom. The largest absolute Gasteiger partial charge is 0.482 e. The lowest BCUT2D eigenvalue weighted by atomic mass is 10.1. The number of nitrogens with one attached hydrogen (secondary N) is 1. The molecule has 9 heteroatoms. The fourth-order valence-corrected chi connectivity index (χ4v) is 1.89. The van der Waals surface area contributed by atoms with Crippen molar-refractivity contribution in [3.63, 3.8) is 0 Å². The fraction of sp³-hybridized carbons (Fsp3) is 0.412. The molecule has 0 aliphatic rings. The van der Waals surface area contributed by atoms with E-state index in [1.165, 1.54) is 21.1 Å². The molecule has 0 spiro atoms. The van der Waals surface area contributed by atoms with Crippen molar-refractivity contribution in [2.24, 2.45) is 0 Å². The number of ether oxygens (including phenoxy) is 4. The summed E-state index contributed by atoms with van der Waals surface area (Å²) < 4.78 is 18.9. The van der Waals surface area contributed by atoms with Gasteiger partial charge in [0.05, 0.1) is 14.2 Å². The summed E-state index contributed by atoms with van der Waals surface area (Å²) in [7, 11) is 2.43. The number of methoxy groups -OCH3 is 2. The van der Waals surface area contributed by atoms with Crippen molar-refractivity contribution in [1.29, 1.82) is 0 Å². The molecular formula is C17H21NO8. The van der Waals surface area contributed by atoms with E-state index in [1.54, 1.807) is 24.3 Å². The van der Waals surface area contributed by atoms with Gasteiger partial charge in [-0.2, -0.15) is 0 Å². The van der Waals surface area contributed by atoms with Crippen molar-refractivity contribution in [3.8, 4) is 5.75 Å². The van der Waals surface area contributed by atoms with Crippen LogP contribution in [0.2, 0.25) is 0 Å². The lowest BCUT2D eigenvalue weighted by Gasteiger charge is -2.16. The molecule has 0 radical (unpaired) electrons. The highest BCUT2D eigenvalue weighted by Gasteiger charge is 2.22. The molecule has 0 aliphatic heterocycles. The van der Waals surface area contributed by atoms with Crippen LogP contribution in [-0.2, 0) is 39.8 Å². The molecule has 0 aromatic heterocycles. The van der Waals surface area contributed by atoms with Crippen LogP contribution in [0, 0.1) is 0 Å². The van der Waals surface area contributed by atoms with Gasteiger partial charge in [0.1, 0.15) is 11.8 Å². The minimum absolute atomic E-state index is 0.150. The van der Waals surface area contributed by atoms with E-state index >= 15 is 0 Å². The van der Waals surface area contributed by atoms with Crippen LogP contribution < -0.4 is 10.1 Å². The van der Waals surface area contributed by atoms with E-state index in [-0.39, 0.29) is 13.0 Å². The number of hydrogen-bond acceptors (Lipinski definition) is 8. The fourth-order valence-electron chi connectivity index (χ4n) is 1.89. The second-order valence-electron chi connectivity index (χ2n) is 5.15. The van der Waals surface area contributed by atoms with Crippen LogP contribution in [0.25, 0.3) is 0 Å². The summed E-state index contributed by atoms with van der Waals surface area (Å²) in [6, 6.07) is 5.62. The zero-order valence-corrected chi connectivity index (χ0v) is 14.8. The maximum atomic E-state index is 12.1. The van der Waals surface area contributed by atoms with Gasteiger partial charge in [-0.25, -0.2) is 14.4 Å². The summed E-state index contributed by atoms with van der Waals surface area (Å²) in [5, 5.41) is 2.47. The van der Waals surface area contributed by atoms with E-state index in [4.69, 9.17) is 9.47 Å². The topological polar surface area (TPSA) is 117 Å². The number of esters is 3. The van der Waals surface area contributed by atoms with Crippen LogP contribution in [0.4, 0.5) is 0 Å². The number of hydrogen-bond donors (Lipinski definition) is 1. The van der Waals surface area contributed by atoms with Gasteiger partial charge in [0, 0.05) is 13.3 Å². The maximum Gasteiger partial charge on any atom is 0.344 e. The number of carbonyl (C=O) groups is 4. The molecular weight excluding hydrogens is 346 g/mol. The molecule has 0 saturated heterocycles. The monoisotopic (exact) mass is 367 g/mol. The van der Waals surface area contributed by atoms with Gasteiger partial charge in [0.25, 0.3) is 0 Å². The molecule has 0 aliphatic carbocycles. The van der Waals surface area contributed by atoms with Gasteiger partial charge in [0.2, 0.25) is 5.91 Å². The van der Waals surface area contributed by atoms with E-state index in [9.17, 15) is 19.2 Å². The van der Waals surface area contributed by atoms with Gasteiger partial charge in [-0.15, -0.1) is 0 Å². The minimum atomic E-state index is -0.959. The molecule has 1 N–H and O–H groups in total. The minimum Gasteiger partial charge on any atom is -0.482 e. The van der Waals surface area contributed by atoms with Crippen molar-refractivity contribution in [1.82, 2.24) is 5.32 Å². The van der Waals surface area contributed by atoms with E-state index < -0.39 is 36.5 Å². The second-order valence-corrected chi connectivity index (χ2v) is 5.15. The Morgan fingerprint density at radius 2 is 1.54 bits per heavy atom. The molecule has 1 amide bonds. The third-order valence-corrected chi connectivity index (χ3v) is 3.17. The van der Waals surface area contributed by atoms with Crippen molar-refractivity contribution >= 4 is 23.8 Å². The lowest BCUT2D eigenvalue weighted by molar-refractivity contribution is -0.158. The Bertz CT molecular complexity index is 641. The van der Waals surface area contributed by atoms with Crippen LogP contribution in [0.15, 0.2) is 24.3 Å². The SMILES string of the molecule is COC(=O)COC(=O)[C@H](Cc1ccc(OCC(=O)OC)cc1)NC(C)=O. The number of amides is 1. The molecule has 0 heterocycles. The van der Waals surface area contributed by atoms with Crippen molar-refractivity contribution in [2.75, 3.05) is 27.4 Å². The number of rotatable bonds is 9. The average Bonchev–Trinajstić information content (AvgIpc) is 2.63. The highest BCUT2D eigenvalue weighted by Crippen LogP contribution is 2.14. The zero-order valence-electron chi connectivity index (χ0n) is 14.8. The quantitative estimate of drug-likeness (QED) is 0.479. The summed E-state index contributed by atoms with van der Waals surface area (Å²) in [4.78, 5) is 45.4. The van der Waals surface area contributed by atoms with Gasteiger partial charge in [0.15, 0.2) is 13.2 Å². The average molecular weight is 367 g/mol. The molecule has 1 atom stereocenters. The highest BCUT2D eigenvalue weighted by molar-refractivity contribution is 5.85. The highest BCUT2D eigenvalue weighted by atomic mass is 16.6. The molecule has 0 bridgehead atoms. The lowest BCUT2D eigenvalue weighted by Crippen LogP contribution is -2.42. The molecule has 0 fully saturated rings. The van der Waals surface area contributed by atoms with Crippen molar-refractivity contribution in [2.45, 2.75) is 19.4 Å². The molecule has 1 rings (SSSR count). The molecule has 1 aromatic rings. The molecule has 1 aromatic carbocycles. The van der Waals surface area contributed by atoms with Gasteiger partial charge >= 0.3 is 17.9 Å². The third kappa shape index (κ3) is 7.65. The van der Waals surface area contributed by atoms with Crippen LogP contribution in [0.5, 0.6) is 5.75 Å². The predicted octanol–water partition coefficient (Wildman–Crippen LogP) is 0.00180. The second kappa shape index (κ2) is 10.7. The third-order valence-electron chi connectivity index (χ3n) is 3.17. The Kier molecular flexibility index (Phi) is 8.62. The van der Waals surface area contributed by atoms with E-state index in [0.717, 1.165) is 0 Å². The zero-order chi connectivity index (χ0) is 19.5. The van der Waals surface area contributed by atoms with E-state index in [1.807, 2.05) is 0 Å². The van der Waals surface area contributed by atoms with Crippen LogP contribution >= 0.6 is 0 Å². The molecule has 9 nitrogen and oxygen atoms in total. The Morgan fingerprint density at radius 1 is 0.962 bits per heavy atom. The first-order valence-electron chi connectivity index (χ1n) is 7.64. The standard InChI is InChI=1S/C17H21NO8/c1-11(19)18-14(17(22)26-10-16(21)24-3)8-12-4-6-13(7-5-12)25-9-15(20)23-2/h4-7,14H,8-10H2,1-3H3,(H,18,19)/t14-/m0/s1. The van der Waals surface area contributed by atoms with Gasteiger partial charge in [-0.1, -0.05) is 12.1 Å². The van der Waals surface area contributed by atoms with E-state index in [0.29, 0.717) is 11.3 Å². The van der Waals surface area contributed by atoms with Gasteiger partial charge in [-0.3, -0.25) is 4.79 Å². The van der Waals surface area contributed by atoms with E-state index in [2.05, 4.69) is 14.8 Å². The molecule has 0 saturated carbocycles. The van der Waals surface area contributed by atoms with Crippen molar-refractivity contribution < 1.29 is 38.1 Å². The molecule has 142 valence electrons. The Hall–Kier alpha value is -3.10.